The molecule has 0 aliphatic rings. The Hall–Kier alpha value is -1.13. The quantitative estimate of drug-likeness (QED) is 0.805. The fourth-order valence-corrected chi connectivity index (χ4v) is 1.17. The second kappa shape index (κ2) is 4.39. The largest absolute Gasteiger partial charge is 0.480 e. The number of carboxylic acids is 1. The maximum absolute atomic E-state index is 13.1. The van der Waals surface area contributed by atoms with Gasteiger partial charge in [0.1, 0.15) is 11.9 Å². The van der Waals surface area contributed by atoms with Crippen molar-refractivity contribution in [2.75, 3.05) is 0 Å². The number of hydrogen-bond donors (Lipinski definition) is 2. The molecule has 0 aliphatic heterocycles. The summed E-state index contributed by atoms with van der Waals surface area (Å²) in [5.41, 5.74) is 5.51. The van der Waals surface area contributed by atoms with Crippen molar-refractivity contribution in [2.24, 2.45) is 5.73 Å². The van der Waals surface area contributed by atoms with Gasteiger partial charge in [-0.25, -0.2) is 4.39 Å². The van der Waals surface area contributed by atoms with E-state index in [0.717, 1.165) is 6.07 Å². The van der Waals surface area contributed by atoms with Crippen molar-refractivity contribution >= 4 is 17.6 Å². The molecule has 0 radical (unpaired) electrons. The highest BCUT2D eigenvalue weighted by molar-refractivity contribution is 6.30. The van der Waals surface area contributed by atoms with Gasteiger partial charge in [0.25, 0.3) is 0 Å². The molecule has 1 rings (SSSR count). The molecule has 0 unspecified atom stereocenters. The molecular weight excluding hydrogens is 209 g/mol. The van der Waals surface area contributed by atoms with Crippen molar-refractivity contribution in [1.82, 2.24) is 0 Å². The first-order valence-corrected chi connectivity index (χ1v) is 4.31. The summed E-state index contributed by atoms with van der Waals surface area (Å²) >= 11 is 5.53. The third kappa shape index (κ3) is 2.68. The van der Waals surface area contributed by atoms with E-state index < -0.39 is 17.8 Å². The number of nitrogens with two attached hydrogens (primary N) is 1. The lowest BCUT2D eigenvalue weighted by molar-refractivity contribution is -0.138. The van der Waals surface area contributed by atoms with Crippen LogP contribution in [0.4, 0.5) is 4.39 Å². The molecule has 1 aromatic carbocycles. The summed E-state index contributed by atoms with van der Waals surface area (Å²) in [4.78, 5) is 10.4. The van der Waals surface area contributed by atoms with Crippen LogP contribution in [0.3, 0.4) is 0 Å². The predicted octanol–water partition coefficient (Wildman–Crippen LogP) is 1.43. The Morgan fingerprint density at radius 2 is 2.29 bits per heavy atom. The fraction of sp³-hybridized carbons (Fsp3) is 0.222. The third-order valence-electron chi connectivity index (χ3n) is 1.77. The molecule has 14 heavy (non-hydrogen) atoms. The SMILES string of the molecule is N[C@@H](Cc1ccc(Cl)cc1F)C(=O)O. The summed E-state index contributed by atoms with van der Waals surface area (Å²) in [6, 6.07) is 2.96. The van der Waals surface area contributed by atoms with Crippen LogP contribution in [-0.4, -0.2) is 17.1 Å². The number of aliphatic carboxylic acids is 1. The smallest absolute Gasteiger partial charge is 0.320 e. The minimum Gasteiger partial charge on any atom is -0.480 e. The standard InChI is InChI=1S/C9H9ClFNO2/c10-6-2-1-5(7(11)4-6)3-8(12)9(13)14/h1-2,4,8H,3,12H2,(H,13,14)/t8-/m0/s1. The molecule has 76 valence electrons. The first-order chi connectivity index (χ1) is 6.50. The average Bonchev–Trinajstić information content (AvgIpc) is 2.09. The van der Waals surface area contributed by atoms with Gasteiger partial charge in [0.05, 0.1) is 0 Å². The van der Waals surface area contributed by atoms with Gasteiger partial charge in [-0.1, -0.05) is 17.7 Å². The highest BCUT2D eigenvalue weighted by atomic mass is 35.5. The molecule has 0 saturated carbocycles. The molecule has 3 nitrogen and oxygen atoms in total. The van der Waals surface area contributed by atoms with Crippen LogP contribution in [0.2, 0.25) is 5.02 Å². The molecular formula is C9H9ClFNO2. The van der Waals surface area contributed by atoms with E-state index in [1.807, 2.05) is 0 Å². The average molecular weight is 218 g/mol. The molecule has 0 heterocycles. The van der Waals surface area contributed by atoms with Gasteiger partial charge in [0, 0.05) is 11.4 Å². The Bertz CT molecular complexity index is 357. The van der Waals surface area contributed by atoms with Crippen LogP contribution >= 0.6 is 11.6 Å². The van der Waals surface area contributed by atoms with Crippen LogP contribution in [0.25, 0.3) is 0 Å². The van der Waals surface area contributed by atoms with E-state index in [1.165, 1.54) is 12.1 Å². The topological polar surface area (TPSA) is 63.3 Å². The highest BCUT2D eigenvalue weighted by Crippen LogP contribution is 2.15. The van der Waals surface area contributed by atoms with Crippen LogP contribution in [0.15, 0.2) is 18.2 Å². The van der Waals surface area contributed by atoms with Gasteiger partial charge >= 0.3 is 5.97 Å². The van der Waals surface area contributed by atoms with Crippen LogP contribution in [0, 0.1) is 5.82 Å². The summed E-state index contributed by atoms with van der Waals surface area (Å²) in [5.74, 6) is -1.69. The summed E-state index contributed by atoms with van der Waals surface area (Å²) in [6.45, 7) is 0. The summed E-state index contributed by atoms with van der Waals surface area (Å²) in [7, 11) is 0. The molecule has 0 bridgehead atoms. The summed E-state index contributed by atoms with van der Waals surface area (Å²) in [6.07, 6.45) is -0.0433. The fourth-order valence-electron chi connectivity index (χ4n) is 1.01. The third-order valence-corrected chi connectivity index (χ3v) is 2.01. The summed E-state index contributed by atoms with van der Waals surface area (Å²) < 4.78 is 13.1. The van der Waals surface area contributed by atoms with Gasteiger partial charge < -0.3 is 10.8 Å². The van der Waals surface area contributed by atoms with Crippen molar-refractivity contribution < 1.29 is 14.3 Å². The maximum Gasteiger partial charge on any atom is 0.320 e. The lowest BCUT2D eigenvalue weighted by Gasteiger charge is -2.07. The maximum atomic E-state index is 13.1. The van der Waals surface area contributed by atoms with Gasteiger partial charge in [-0.2, -0.15) is 0 Å². The van der Waals surface area contributed by atoms with E-state index in [1.54, 1.807) is 0 Å². The lowest BCUT2D eigenvalue weighted by atomic mass is 10.1. The summed E-state index contributed by atoms with van der Waals surface area (Å²) in [5, 5.41) is 8.79. The van der Waals surface area contributed by atoms with Gasteiger partial charge in [-0.3, -0.25) is 4.79 Å². The van der Waals surface area contributed by atoms with Crippen molar-refractivity contribution in [2.45, 2.75) is 12.5 Å². The number of benzene rings is 1. The van der Waals surface area contributed by atoms with Gasteiger partial charge in [-0.05, 0) is 17.7 Å². The molecule has 1 aromatic rings. The van der Waals surface area contributed by atoms with E-state index in [4.69, 9.17) is 22.4 Å². The Morgan fingerprint density at radius 1 is 1.64 bits per heavy atom. The second-order valence-corrected chi connectivity index (χ2v) is 3.32. The number of carbonyl (C=O) groups is 1. The molecule has 0 amide bonds. The Morgan fingerprint density at radius 3 is 2.79 bits per heavy atom. The van der Waals surface area contributed by atoms with E-state index in [9.17, 15) is 9.18 Å². The zero-order valence-electron chi connectivity index (χ0n) is 7.21. The van der Waals surface area contributed by atoms with Crippen molar-refractivity contribution in [3.63, 3.8) is 0 Å². The van der Waals surface area contributed by atoms with Crippen molar-refractivity contribution in [3.8, 4) is 0 Å². The van der Waals surface area contributed by atoms with Gasteiger partial charge in [0.15, 0.2) is 0 Å². The molecule has 1 atom stereocenters. The molecule has 3 N–H and O–H groups in total. The second-order valence-electron chi connectivity index (χ2n) is 2.88. The van der Waals surface area contributed by atoms with Crippen molar-refractivity contribution in [1.29, 1.82) is 0 Å². The zero-order valence-corrected chi connectivity index (χ0v) is 7.96. The minimum absolute atomic E-state index is 0.0433. The molecule has 0 fully saturated rings. The van der Waals surface area contributed by atoms with Crippen LogP contribution in [0.1, 0.15) is 5.56 Å². The Kier molecular flexibility index (Phi) is 3.43. The normalized spacial score (nSPS) is 12.5. The lowest BCUT2D eigenvalue weighted by Crippen LogP contribution is -2.32. The van der Waals surface area contributed by atoms with Crippen molar-refractivity contribution in [3.05, 3.63) is 34.6 Å². The highest BCUT2D eigenvalue weighted by Gasteiger charge is 2.14. The molecule has 0 saturated heterocycles. The van der Waals surface area contributed by atoms with Crippen LogP contribution in [0.5, 0.6) is 0 Å². The molecule has 5 heteroatoms. The number of rotatable bonds is 3. The molecule has 0 spiro atoms. The monoisotopic (exact) mass is 217 g/mol. The van der Waals surface area contributed by atoms with Crippen LogP contribution < -0.4 is 5.73 Å². The van der Waals surface area contributed by atoms with E-state index in [0.29, 0.717) is 0 Å². The molecule has 0 aliphatic carbocycles. The number of halogens is 2. The first-order valence-electron chi connectivity index (χ1n) is 3.93. The number of hydrogen-bond acceptors (Lipinski definition) is 2. The van der Waals surface area contributed by atoms with E-state index in [2.05, 4.69) is 0 Å². The van der Waals surface area contributed by atoms with E-state index in [-0.39, 0.29) is 17.0 Å². The minimum atomic E-state index is -1.15. The zero-order chi connectivity index (χ0) is 10.7. The Balaban J connectivity index is 2.82. The Labute approximate surface area is 85.3 Å². The first kappa shape index (κ1) is 10.9. The predicted molar refractivity (Wildman–Crippen MR) is 50.7 cm³/mol. The van der Waals surface area contributed by atoms with E-state index >= 15 is 0 Å². The number of carboxylic acid groups (broad SMARTS) is 1. The van der Waals surface area contributed by atoms with Gasteiger partial charge in [0.2, 0.25) is 0 Å². The van der Waals surface area contributed by atoms with Gasteiger partial charge in [-0.15, -0.1) is 0 Å². The van der Waals surface area contributed by atoms with Crippen LogP contribution in [-0.2, 0) is 11.2 Å². The molecule has 0 aromatic heterocycles.